The molecule has 2 N–H and O–H groups in total. The lowest BCUT2D eigenvalue weighted by atomic mass is 10.2. The third-order valence-corrected chi connectivity index (χ3v) is 4.97. The number of H-pyrrole nitrogens is 1. The number of hydrogen-bond acceptors (Lipinski definition) is 8. The summed E-state index contributed by atoms with van der Waals surface area (Å²) in [4.78, 5) is 26.1. The molecular formula is C21H20N4O6S. The molecule has 0 aliphatic carbocycles. The summed E-state index contributed by atoms with van der Waals surface area (Å²) in [7, 11) is 0. The van der Waals surface area contributed by atoms with Crippen LogP contribution in [0.1, 0.15) is 23.9 Å². The van der Waals surface area contributed by atoms with E-state index in [4.69, 9.17) is 9.47 Å². The summed E-state index contributed by atoms with van der Waals surface area (Å²) in [5, 5.41) is 27.2. The van der Waals surface area contributed by atoms with Crippen LogP contribution < -0.4 is 9.47 Å². The summed E-state index contributed by atoms with van der Waals surface area (Å²) in [5.74, 6) is 0.405. The molecule has 0 radical (unpaired) electrons. The standard InChI is InChI=1S/C21H20N4O6S/c1-3-30-18-10-15(11-19(20(26)27)32-21-22-13(2)23-24-21)6-9-17(18)31-12-14-4-7-16(8-5-14)25(28)29/h4-11H,3,12H2,1-2H3,(H,26,27)(H,22,23,24)/b19-11-. The minimum atomic E-state index is -1.10. The van der Waals surface area contributed by atoms with Crippen LogP contribution >= 0.6 is 11.8 Å². The molecule has 32 heavy (non-hydrogen) atoms. The van der Waals surface area contributed by atoms with Crippen LogP contribution in [0.5, 0.6) is 11.5 Å². The third-order valence-electron chi connectivity index (χ3n) is 4.10. The zero-order valence-electron chi connectivity index (χ0n) is 17.3. The number of nitrogens with zero attached hydrogens (tertiary/aromatic N) is 3. The van der Waals surface area contributed by atoms with Crippen molar-refractivity contribution >= 4 is 29.5 Å². The fourth-order valence-corrected chi connectivity index (χ4v) is 3.38. The molecule has 0 unspecified atom stereocenters. The molecule has 10 nitrogen and oxygen atoms in total. The molecule has 0 atom stereocenters. The number of aliphatic carboxylic acids is 1. The second-order valence-electron chi connectivity index (χ2n) is 6.47. The molecule has 0 aliphatic heterocycles. The molecule has 0 fully saturated rings. The lowest BCUT2D eigenvalue weighted by Gasteiger charge is -2.13. The number of thioether (sulfide) groups is 1. The van der Waals surface area contributed by atoms with Gasteiger partial charge in [0, 0.05) is 12.1 Å². The molecule has 0 aliphatic rings. The molecule has 0 saturated heterocycles. The van der Waals surface area contributed by atoms with E-state index in [-0.39, 0.29) is 17.2 Å². The average Bonchev–Trinajstić information content (AvgIpc) is 3.18. The monoisotopic (exact) mass is 456 g/mol. The van der Waals surface area contributed by atoms with Crippen LogP contribution in [-0.2, 0) is 11.4 Å². The van der Waals surface area contributed by atoms with E-state index in [1.807, 2.05) is 6.92 Å². The largest absolute Gasteiger partial charge is 0.490 e. The summed E-state index contributed by atoms with van der Waals surface area (Å²) < 4.78 is 11.5. The first-order valence-corrected chi connectivity index (χ1v) is 10.3. The van der Waals surface area contributed by atoms with Crippen molar-refractivity contribution in [2.75, 3.05) is 6.61 Å². The Kier molecular flexibility index (Phi) is 7.45. The molecular weight excluding hydrogens is 436 g/mol. The highest BCUT2D eigenvalue weighted by atomic mass is 32.2. The molecule has 11 heteroatoms. The predicted molar refractivity (Wildman–Crippen MR) is 118 cm³/mol. The lowest BCUT2D eigenvalue weighted by molar-refractivity contribution is -0.384. The normalized spacial score (nSPS) is 11.2. The highest BCUT2D eigenvalue weighted by Crippen LogP contribution is 2.32. The fourth-order valence-electron chi connectivity index (χ4n) is 2.63. The van der Waals surface area contributed by atoms with Crippen LogP contribution in [0, 0.1) is 17.0 Å². The van der Waals surface area contributed by atoms with Crippen molar-refractivity contribution in [3.63, 3.8) is 0 Å². The maximum absolute atomic E-state index is 11.7. The van der Waals surface area contributed by atoms with Gasteiger partial charge in [0.05, 0.1) is 11.5 Å². The van der Waals surface area contributed by atoms with Crippen LogP contribution in [-0.4, -0.2) is 37.8 Å². The zero-order valence-corrected chi connectivity index (χ0v) is 18.1. The molecule has 0 bridgehead atoms. The fraction of sp³-hybridized carbons (Fsp3) is 0.190. The molecule has 1 heterocycles. The van der Waals surface area contributed by atoms with Gasteiger partial charge in [-0.15, -0.1) is 5.10 Å². The van der Waals surface area contributed by atoms with Gasteiger partial charge in [0.25, 0.3) is 5.69 Å². The molecule has 166 valence electrons. The summed E-state index contributed by atoms with van der Waals surface area (Å²) in [5.41, 5.74) is 1.37. The van der Waals surface area contributed by atoms with E-state index in [9.17, 15) is 20.0 Å². The first-order valence-electron chi connectivity index (χ1n) is 9.50. The Labute approximate surface area is 187 Å². The highest BCUT2D eigenvalue weighted by molar-refractivity contribution is 8.04. The molecule has 1 aromatic heterocycles. The number of nitro groups is 1. The number of nitro benzene ring substituents is 1. The number of hydrogen-bond donors (Lipinski definition) is 2. The van der Waals surface area contributed by atoms with Gasteiger partial charge >= 0.3 is 5.97 Å². The summed E-state index contributed by atoms with van der Waals surface area (Å²) in [6.07, 6.45) is 1.50. The van der Waals surface area contributed by atoms with Gasteiger partial charge in [0.15, 0.2) is 11.5 Å². The Morgan fingerprint density at radius 1 is 1.22 bits per heavy atom. The number of carboxylic acids is 1. The maximum atomic E-state index is 11.7. The van der Waals surface area contributed by atoms with Crippen LogP contribution in [0.3, 0.4) is 0 Å². The van der Waals surface area contributed by atoms with Crippen molar-refractivity contribution in [1.82, 2.24) is 15.2 Å². The van der Waals surface area contributed by atoms with E-state index in [1.54, 1.807) is 37.3 Å². The molecule has 0 saturated carbocycles. The van der Waals surface area contributed by atoms with Gasteiger partial charge in [0.1, 0.15) is 17.3 Å². The van der Waals surface area contributed by atoms with E-state index in [0.29, 0.717) is 34.7 Å². The quantitative estimate of drug-likeness (QED) is 0.198. The van der Waals surface area contributed by atoms with E-state index in [0.717, 1.165) is 17.3 Å². The number of aryl methyl sites for hydroxylation is 1. The van der Waals surface area contributed by atoms with Crippen LogP contribution in [0.15, 0.2) is 52.5 Å². The molecule has 0 spiro atoms. The Morgan fingerprint density at radius 3 is 2.56 bits per heavy atom. The maximum Gasteiger partial charge on any atom is 0.342 e. The molecule has 0 amide bonds. The van der Waals surface area contributed by atoms with E-state index in [2.05, 4.69) is 15.2 Å². The number of aromatic nitrogens is 3. The van der Waals surface area contributed by atoms with E-state index in [1.165, 1.54) is 18.2 Å². The number of ether oxygens (including phenoxy) is 2. The number of aromatic amines is 1. The van der Waals surface area contributed by atoms with Crippen molar-refractivity contribution in [1.29, 1.82) is 0 Å². The summed E-state index contributed by atoms with van der Waals surface area (Å²) in [6, 6.07) is 11.1. The number of carboxylic acid groups (broad SMARTS) is 1. The SMILES string of the molecule is CCOc1cc(/C=C(\Sc2n[nH]c(C)n2)C(=O)O)ccc1OCc1ccc([N+](=O)[O-])cc1. The number of rotatable bonds is 10. The molecule has 3 aromatic rings. The minimum absolute atomic E-state index is 0.00667. The number of nitrogens with one attached hydrogen (secondary N) is 1. The van der Waals surface area contributed by atoms with Crippen molar-refractivity contribution in [2.45, 2.75) is 25.6 Å². The highest BCUT2D eigenvalue weighted by Gasteiger charge is 2.14. The first-order chi connectivity index (χ1) is 15.4. The van der Waals surface area contributed by atoms with Crippen molar-refractivity contribution < 1.29 is 24.3 Å². The topological polar surface area (TPSA) is 140 Å². The van der Waals surface area contributed by atoms with Gasteiger partial charge in [-0.3, -0.25) is 15.2 Å². The van der Waals surface area contributed by atoms with Gasteiger partial charge in [-0.1, -0.05) is 6.07 Å². The van der Waals surface area contributed by atoms with Gasteiger partial charge in [-0.25, -0.2) is 9.78 Å². The Hall–Kier alpha value is -3.86. The Balaban J connectivity index is 1.78. The van der Waals surface area contributed by atoms with Crippen molar-refractivity contribution in [2.24, 2.45) is 0 Å². The van der Waals surface area contributed by atoms with E-state index < -0.39 is 10.9 Å². The van der Waals surface area contributed by atoms with E-state index >= 15 is 0 Å². The minimum Gasteiger partial charge on any atom is -0.490 e. The van der Waals surface area contributed by atoms with Crippen molar-refractivity contribution in [3.8, 4) is 11.5 Å². The predicted octanol–water partition coefficient (Wildman–Crippen LogP) is 4.22. The second kappa shape index (κ2) is 10.4. The van der Waals surface area contributed by atoms with Gasteiger partial charge in [0.2, 0.25) is 5.16 Å². The lowest BCUT2D eigenvalue weighted by Crippen LogP contribution is -2.01. The number of non-ortho nitro benzene ring substituents is 1. The molecule has 3 rings (SSSR count). The first kappa shape index (κ1) is 22.8. The third kappa shape index (κ3) is 6.08. The van der Waals surface area contributed by atoms with Crippen LogP contribution in [0.4, 0.5) is 5.69 Å². The smallest absolute Gasteiger partial charge is 0.342 e. The van der Waals surface area contributed by atoms with Gasteiger partial charge in [-0.2, -0.15) is 0 Å². The molecule has 2 aromatic carbocycles. The Morgan fingerprint density at radius 2 is 1.97 bits per heavy atom. The van der Waals surface area contributed by atoms with Crippen molar-refractivity contribution in [3.05, 3.63) is 74.4 Å². The summed E-state index contributed by atoms with van der Waals surface area (Å²) in [6.45, 7) is 4.13. The van der Waals surface area contributed by atoms with Gasteiger partial charge < -0.3 is 14.6 Å². The van der Waals surface area contributed by atoms with Crippen LogP contribution in [0.25, 0.3) is 6.08 Å². The summed E-state index contributed by atoms with van der Waals surface area (Å²) >= 11 is 0.935. The number of benzene rings is 2. The number of carbonyl (C=O) groups is 1. The Bertz CT molecular complexity index is 1140. The zero-order chi connectivity index (χ0) is 23.1. The second-order valence-corrected chi connectivity index (χ2v) is 7.48. The van der Waals surface area contributed by atoms with Crippen LogP contribution in [0.2, 0.25) is 0 Å². The average molecular weight is 456 g/mol. The van der Waals surface area contributed by atoms with Gasteiger partial charge in [-0.05, 0) is 67.1 Å².